The topological polar surface area (TPSA) is 64.3 Å². The van der Waals surface area contributed by atoms with Crippen LogP contribution in [0.25, 0.3) is 0 Å². The highest BCUT2D eigenvalue weighted by Gasteiger charge is 2.10. The molecule has 2 rings (SSSR count). The first-order valence-electron chi connectivity index (χ1n) is 6.14. The van der Waals surface area contributed by atoms with Gasteiger partial charge in [0.25, 0.3) is 0 Å². The molecule has 0 bridgehead atoms. The summed E-state index contributed by atoms with van der Waals surface area (Å²) in [6.45, 7) is 2.43. The van der Waals surface area contributed by atoms with E-state index in [1.807, 2.05) is 24.9 Å². The molecule has 6 heteroatoms. The first kappa shape index (κ1) is 14.4. The number of hydrogen-bond acceptors (Lipinski definition) is 5. The summed E-state index contributed by atoms with van der Waals surface area (Å²) in [7, 11) is 3.51. The lowest BCUT2D eigenvalue weighted by molar-refractivity contribution is 0.395. The van der Waals surface area contributed by atoms with Gasteiger partial charge in [-0.2, -0.15) is 4.98 Å². The molecule has 2 aromatic rings. The molecule has 20 heavy (non-hydrogen) atoms. The van der Waals surface area contributed by atoms with Crippen LogP contribution in [0.3, 0.4) is 0 Å². The number of benzene rings is 1. The minimum Gasteiger partial charge on any atom is -0.481 e. The Kier molecular flexibility index (Phi) is 4.29. The van der Waals surface area contributed by atoms with Gasteiger partial charge in [-0.25, -0.2) is 4.98 Å². The lowest BCUT2D eigenvalue weighted by Gasteiger charge is -2.20. The lowest BCUT2D eigenvalue weighted by Crippen LogP contribution is -2.18. The molecule has 0 aliphatic rings. The molecule has 0 amide bonds. The van der Waals surface area contributed by atoms with Crippen LogP contribution in [0.1, 0.15) is 11.4 Å². The number of nitrogens with zero attached hydrogens (tertiary/aromatic N) is 3. The molecule has 5 nitrogen and oxygen atoms in total. The lowest BCUT2D eigenvalue weighted by atomic mass is 10.2. The maximum Gasteiger partial charge on any atom is 0.218 e. The van der Waals surface area contributed by atoms with Gasteiger partial charge in [0, 0.05) is 30.4 Å². The molecule has 2 N–H and O–H groups in total. The van der Waals surface area contributed by atoms with Gasteiger partial charge < -0.3 is 15.4 Å². The zero-order valence-corrected chi connectivity index (χ0v) is 12.5. The minimum absolute atomic E-state index is 0.540. The molecule has 0 aliphatic carbocycles. The zero-order valence-electron chi connectivity index (χ0n) is 11.7. The predicted octanol–water partition coefficient (Wildman–Crippen LogP) is 2.67. The van der Waals surface area contributed by atoms with Gasteiger partial charge in [0.2, 0.25) is 5.88 Å². The van der Waals surface area contributed by atoms with Crippen LogP contribution in [0.5, 0.6) is 5.88 Å². The summed E-state index contributed by atoms with van der Waals surface area (Å²) in [5, 5.41) is 0.684. The molecule has 0 aliphatic heterocycles. The predicted molar refractivity (Wildman–Crippen MR) is 81.3 cm³/mol. The molecule has 1 heterocycles. The molecule has 0 saturated carbocycles. The Morgan fingerprint density at radius 3 is 2.75 bits per heavy atom. The van der Waals surface area contributed by atoms with Crippen LogP contribution in [0, 0.1) is 6.92 Å². The third-order valence-electron chi connectivity index (χ3n) is 2.88. The van der Waals surface area contributed by atoms with Crippen molar-refractivity contribution in [3.8, 4) is 5.88 Å². The van der Waals surface area contributed by atoms with Crippen LogP contribution in [0.2, 0.25) is 5.02 Å². The van der Waals surface area contributed by atoms with E-state index in [1.54, 1.807) is 25.3 Å². The number of methoxy groups -OCH3 is 1. The molecule has 0 fully saturated rings. The molecule has 1 aromatic carbocycles. The van der Waals surface area contributed by atoms with Crippen molar-refractivity contribution in [2.24, 2.45) is 0 Å². The average molecular weight is 293 g/mol. The zero-order chi connectivity index (χ0) is 14.7. The SMILES string of the molecule is COc1cc(N(C)Cc2cc(N)ccc2Cl)nc(C)n1. The van der Waals surface area contributed by atoms with Crippen molar-refractivity contribution in [3.63, 3.8) is 0 Å². The Morgan fingerprint density at radius 2 is 2.05 bits per heavy atom. The number of aromatic nitrogens is 2. The highest BCUT2D eigenvalue weighted by molar-refractivity contribution is 6.31. The fourth-order valence-electron chi connectivity index (χ4n) is 1.88. The van der Waals surface area contributed by atoms with Crippen LogP contribution in [0.4, 0.5) is 11.5 Å². The van der Waals surface area contributed by atoms with E-state index in [0.717, 1.165) is 11.4 Å². The fourth-order valence-corrected chi connectivity index (χ4v) is 2.06. The molecule has 0 atom stereocenters. The van der Waals surface area contributed by atoms with E-state index in [-0.39, 0.29) is 0 Å². The van der Waals surface area contributed by atoms with Crippen molar-refractivity contribution in [1.29, 1.82) is 0 Å². The second-order valence-corrected chi connectivity index (χ2v) is 4.93. The summed E-state index contributed by atoms with van der Waals surface area (Å²) in [6.07, 6.45) is 0. The fraction of sp³-hybridized carbons (Fsp3) is 0.286. The van der Waals surface area contributed by atoms with Gasteiger partial charge in [0.15, 0.2) is 0 Å². The average Bonchev–Trinajstić information content (AvgIpc) is 2.42. The van der Waals surface area contributed by atoms with Crippen LogP contribution in [0.15, 0.2) is 24.3 Å². The van der Waals surface area contributed by atoms with E-state index in [9.17, 15) is 0 Å². The normalized spacial score (nSPS) is 10.4. The number of hydrogen-bond donors (Lipinski definition) is 1. The number of ether oxygens (including phenoxy) is 1. The van der Waals surface area contributed by atoms with Crippen LogP contribution in [-0.2, 0) is 6.54 Å². The van der Waals surface area contributed by atoms with Gasteiger partial charge in [-0.3, -0.25) is 0 Å². The molecule has 1 aromatic heterocycles. The van der Waals surface area contributed by atoms with Crippen LogP contribution < -0.4 is 15.4 Å². The molecular weight excluding hydrogens is 276 g/mol. The van der Waals surface area contributed by atoms with Gasteiger partial charge in [0.05, 0.1) is 7.11 Å². The summed E-state index contributed by atoms with van der Waals surface area (Å²) < 4.78 is 5.16. The van der Waals surface area contributed by atoms with Crippen molar-refractivity contribution < 1.29 is 4.74 Å². The second kappa shape index (κ2) is 5.96. The summed E-state index contributed by atoms with van der Waals surface area (Å²) in [4.78, 5) is 10.5. The highest BCUT2D eigenvalue weighted by Crippen LogP contribution is 2.23. The minimum atomic E-state index is 0.540. The quantitative estimate of drug-likeness (QED) is 0.878. The molecule has 106 valence electrons. The first-order valence-corrected chi connectivity index (χ1v) is 6.52. The number of anilines is 2. The Balaban J connectivity index is 2.25. The van der Waals surface area contributed by atoms with Crippen LogP contribution in [-0.4, -0.2) is 24.1 Å². The van der Waals surface area contributed by atoms with Crippen LogP contribution >= 0.6 is 11.6 Å². The summed E-state index contributed by atoms with van der Waals surface area (Å²) in [5.74, 6) is 1.97. The maximum absolute atomic E-state index is 6.18. The largest absolute Gasteiger partial charge is 0.481 e. The van der Waals surface area contributed by atoms with Gasteiger partial charge in [0.1, 0.15) is 11.6 Å². The molecule has 0 unspecified atom stereocenters. The van der Waals surface area contributed by atoms with Crippen molar-refractivity contribution in [2.75, 3.05) is 24.8 Å². The van der Waals surface area contributed by atoms with Gasteiger partial charge in [-0.1, -0.05) is 11.6 Å². The number of aryl methyl sites for hydroxylation is 1. The summed E-state index contributed by atoms with van der Waals surface area (Å²) in [5.41, 5.74) is 7.43. The Morgan fingerprint density at radius 1 is 1.30 bits per heavy atom. The Hall–Kier alpha value is -2.01. The second-order valence-electron chi connectivity index (χ2n) is 4.52. The third-order valence-corrected chi connectivity index (χ3v) is 3.25. The van der Waals surface area contributed by atoms with E-state index in [4.69, 9.17) is 22.1 Å². The monoisotopic (exact) mass is 292 g/mol. The number of rotatable bonds is 4. The van der Waals surface area contributed by atoms with Gasteiger partial charge in [-0.15, -0.1) is 0 Å². The van der Waals surface area contributed by atoms with Gasteiger partial charge >= 0.3 is 0 Å². The molecule has 0 spiro atoms. The maximum atomic E-state index is 6.18. The molecule has 0 radical (unpaired) electrons. The smallest absolute Gasteiger partial charge is 0.218 e. The number of halogens is 1. The van der Waals surface area contributed by atoms with E-state index in [2.05, 4.69) is 9.97 Å². The summed E-state index contributed by atoms with van der Waals surface area (Å²) >= 11 is 6.18. The number of nitrogens with two attached hydrogens (primary N) is 1. The molecular formula is C14H17ClN4O. The van der Waals surface area contributed by atoms with E-state index >= 15 is 0 Å². The van der Waals surface area contributed by atoms with E-state index < -0.39 is 0 Å². The first-order chi connectivity index (χ1) is 9.49. The van der Waals surface area contributed by atoms with E-state index in [0.29, 0.717) is 29.0 Å². The van der Waals surface area contributed by atoms with Crippen molar-refractivity contribution in [1.82, 2.24) is 9.97 Å². The van der Waals surface area contributed by atoms with Crippen molar-refractivity contribution >= 4 is 23.1 Å². The summed E-state index contributed by atoms with van der Waals surface area (Å²) in [6, 6.07) is 7.23. The van der Waals surface area contributed by atoms with Gasteiger partial charge in [-0.05, 0) is 30.7 Å². The highest BCUT2D eigenvalue weighted by atomic mass is 35.5. The molecule has 0 saturated heterocycles. The third kappa shape index (κ3) is 3.30. The Labute approximate surface area is 123 Å². The number of nitrogen functional groups attached to an aromatic ring is 1. The standard InChI is InChI=1S/C14H17ClN4O/c1-9-17-13(7-14(18-9)20-3)19(2)8-10-6-11(16)4-5-12(10)15/h4-7H,8,16H2,1-3H3. The van der Waals surface area contributed by atoms with Crippen molar-refractivity contribution in [2.45, 2.75) is 13.5 Å². The Bertz CT molecular complexity index is 618. The van der Waals surface area contributed by atoms with Crippen molar-refractivity contribution in [3.05, 3.63) is 40.7 Å². The van der Waals surface area contributed by atoms with E-state index in [1.165, 1.54) is 0 Å².